The number of rotatable bonds is 7. The first kappa shape index (κ1) is 26.0. The summed E-state index contributed by atoms with van der Waals surface area (Å²) >= 11 is 0. The molecule has 0 radical (unpaired) electrons. The molecule has 5 rings (SSSR count). The number of halogens is 3. The van der Waals surface area contributed by atoms with Gasteiger partial charge >= 0.3 is 6.18 Å². The number of nitrogens with one attached hydrogen (secondary N) is 1. The van der Waals surface area contributed by atoms with Crippen LogP contribution < -0.4 is 10.1 Å². The quantitative estimate of drug-likeness (QED) is 0.312. The number of amides is 1. The van der Waals surface area contributed by atoms with Crippen molar-refractivity contribution in [2.75, 3.05) is 18.9 Å². The molecule has 0 saturated heterocycles. The van der Waals surface area contributed by atoms with Crippen LogP contribution in [-0.4, -0.2) is 39.5 Å². The molecule has 0 fully saturated rings. The molecule has 0 aliphatic carbocycles. The summed E-state index contributed by atoms with van der Waals surface area (Å²) in [5.74, 6) is -0.0380. The van der Waals surface area contributed by atoms with E-state index in [1.165, 1.54) is 30.8 Å². The molecule has 1 amide bonds. The number of ether oxygens (including phenoxy) is 1. The standard InChI is InChI=1S/C28H23F3N4O4/c1-35-8-6-17(7-9-35)10-18-2-3-19(11-24(18)28(29,30)31)34-27(37)23-15-38-25-13-21(4-5-22(23)25)39-26-12-20(14-36)32-16-33-26/h2-8,11-13,15-16,36H,9-10,14H2,1H3,(H,34,37). The van der Waals surface area contributed by atoms with E-state index in [9.17, 15) is 23.1 Å². The van der Waals surface area contributed by atoms with Crippen LogP contribution >= 0.6 is 0 Å². The van der Waals surface area contributed by atoms with Crippen LogP contribution in [0.2, 0.25) is 0 Å². The zero-order valence-corrected chi connectivity index (χ0v) is 20.7. The van der Waals surface area contributed by atoms with Crippen molar-refractivity contribution in [1.29, 1.82) is 0 Å². The van der Waals surface area contributed by atoms with Gasteiger partial charge in [-0.05, 0) is 54.1 Å². The van der Waals surface area contributed by atoms with E-state index in [1.807, 2.05) is 24.2 Å². The maximum atomic E-state index is 13.9. The molecule has 200 valence electrons. The van der Waals surface area contributed by atoms with Crippen LogP contribution in [0.15, 0.2) is 83.4 Å². The molecule has 0 spiro atoms. The number of carbonyl (C=O) groups is 1. The Balaban J connectivity index is 1.34. The minimum atomic E-state index is -4.59. The number of aliphatic hydroxyl groups is 1. The predicted molar refractivity (Wildman–Crippen MR) is 137 cm³/mol. The minimum absolute atomic E-state index is 0.0155. The van der Waals surface area contributed by atoms with Gasteiger partial charge in [-0.25, -0.2) is 9.97 Å². The molecule has 1 aliphatic heterocycles. The van der Waals surface area contributed by atoms with Crippen LogP contribution in [0.1, 0.15) is 27.2 Å². The normalized spacial score (nSPS) is 13.5. The van der Waals surface area contributed by atoms with Crippen molar-refractivity contribution in [1.82, 2.24) is 14.9 Å². The Labute approximate surface area is 221 Å². The lowest BCUT2D eigenvalue weighted by atomic mass is 9.97. The summed E-state index contributed by atoms with van der Waals surface area (Å²) in [4.78, 5) is 22.8. The molecule has 0 bridgehead atoms. The Morgan fingerprint density at radius 1 is 1.18 bits per heavy atom. The first-order valence-electron chi connectivity index (χ1n) is 11.9. The van der Waals surface area contributed by atoms with Crippen LogP contribution in [0.3, 0.4) is 0 Å². The number of aromatic nitrogens is 2. The molecule has 3 heterocycles. The molecule has 39 heavy (non-hydrogen) atoms. The third-order valence-corrected chi connectivity index (χ3v) is 6.13. The van der Waals surface area contributed by atoms with Gasteiger partial charge in [0.2, 0.25) is 5.88 Å². The Morgan fingerprint density at radius 3 is 2.77 bits per heavy atom. The number of hydrogen-bond donors (Lipinski definition) is 2. The maximum absolute atomic E-state index is 13.9. The molecule has 8 nitrogen and oxygen atoms in total. The smallest absolute Gasteiger partial charge is 0.416 e. The predicted octanol–water partition coefficient (Wildman–Crippen LogP) is 5.71. The number of fused-ring (bicyclic) bond motifs is 1. The van der Waals surface area contributed by atoms with Gasteiger partial charge in [-0.3, -0.25) is 4.79 Å². The highest BCUT2D eigenvalue weighted by atomic mass is 19.4. The highest BCUT2D eigenvalue weighted by molar-refractivity contribution is 6.12. The summed E-state index contributed by atoms with van der Waals surface area (Å²) < 4.78 is 52.9. The molecule has 0 unspecified atom stereocenters. The lowest BCUT2D eigenvalue weighted by Gasteiger charge is -2.19. The molecular formula is C28H23F3N4O4. The van der Waals surface area contributed by atoms with Crippen LogP contribution in [0.5, 0.6) is 11.6 Å². The Bertz CT molecular complexity index is 1590. The summed E-state index contributed by atoms with van der Waals surface area (Å²) in [6.45, 7) is 0.355. The van der Waals surface area contributed by atoms with E-state index >= 15 is 0 Å². The number of alkyl halides is 3. The van der Waals surface area contributed by atoms with Gasteiger partial charge < -0.3 is 24.5 Å². The van der Waals surface area contributed by atoms with E-state index in [0.717, 1.165) is 11.6 Å². The summed E-state index contributed by atoms with van der Waals surface area (Å²) in [7, 11) is 1.88. The summed E-state index contributed by atoms with van der Waals surface area (Å²) in [6.07, 6.45) is 3.53. The summed E-state index contributed by atoms with van der Waals surface area (Å²) in [5.41, 5.74) is 0.994. The van der Waals surface area contributed by atoms with Crippen LogP contribution in [0, 0.1) is 0 Å². The van der Waals surface area contributed by atoms with Crippen molar-refractivity contribution in [3.63, 3.8) is 0 Å². The lowest BCUT2D eigenvalue weighted by Crippen LogP contribution is -2.16. The Morgan fingerprint density at radius 2 is 2.03 bits per heavy atom. The van der Waals surface area contributed by atoms with Gasteiger partial charge in [0.1, 0.15) is 23.9 Å². The van der Waals surface area contributed by atoms with E-state index in [-0.39, 0.29) is 35.7 Å². The van der Waals surface area contributed by atoms with E-state index in [1.54, 1.807) is 24.3 Å². The molecule has 4 aromatic rings. The molecule has 11 heteroatoms. The molecule has 0 saturated carbocycles. The fraction of sp³-hybridized carbons (Fsp3) is 0.179. The number of nitrogens with zero attached hydrogens (tertiary/aromatic N) is 3. The van der Waals surface area contributed by atoms with Crippen LogP contribution in [0.4, 0.5) is 18.9 Å². The Hall–Kier alpha value is -4.64. The number of hydrogen-bond acceptors (Lipinski definition) is 7. The molecule has 2 aromatic heterocycles. The van der Waals surface area contributed by atoms with Gasteiger partial charge in [0.05, 0.1) is 23.4 Å². The zero-order valence-electron chi connectivity index (χ0n) is 20.7. The van der Waals surface area contributed by atoms with E-state index in [4.69, 9.17) is 9.15 Å². The van der Waals surface area contributed by atoms with Crippen molar-refractivity contribution < 1.29 is 32.2 Å². The molecule has 2 N–H and O–H groups in total. The second-order valence-electron chi connectivity index (χ2n) is 8.95. The highest BCUT2D eigenvalue weighted by Crippen LogP contribution is 2.36. The monoisotopic (exact) mass is 536 g/mol. The van der Waals surface area contributed by atoms with E-state index in [0.29, 0.717) is 29.0 Å². The average Bonchev–Trinajstić information content (AvgIpc) is 3.34. The second kappa shape index (κ2) is 10.6. The highest BCUT2D eigenvalue weighted by Gasteiger charge is 2.34. The van der Waals surface area contributed by atoms with Gasteiger partial charge in [-0.2, -0.15) is 13.2 Å². The van der Waals surface area contributed by atoms with E-state index < -0.39 is 17.6 Å². The van der Waals surface area contributed by atoms with E-state index in [2.05, 4.69) is 15.3 Å². The summed E-state index contributed by atoms with van der Waals surface area (Å²) in [5, 5.41) is 12.2. The van der Waals surface area contributed by atoms with Crippen molar-refractivity contribution in [2.24, 2.45) is 0 Å². The number of anilines is 1. The first-order valence-corrected chi connectivity index (χ1v) is 11.9. The van der Waals surface area contributed by atoms with Crippen molar-refractivity contribution in [3.05, 3.63) is 101 Å². The van der Waals surface area contributed by atoms with Crippen LogP contribution in [-0.2, 0) is 19.2 Å². The summed E-state index contributed by atoms with van der Waals surface area (Å²) in [6, 6.07) is 10.0. The number of allylic oxidation sites excluding steroid dienone is 2. The van der Waals surface area contributed by atoms with Gasteiger partial charge in [-0.1, -0.05) is 12.1 Å². The first-order chi connectivity index (χ1) is 18.7. The fourth-order valence-electron chi connectivity index (χ4n) is 4.12. The minimum Gasteiger partial charge on any atom is -0.463 e. The number of carbonyl (C=O) groups excluding carboxylic acids is 1. The molecule has 2 aromatic carbocycles. The van der Waals surface area contributed by atoms with Crippen molar-refractivity contribution in [3.8, 4) is 11.6 Å². The lowest BCUT2D eigenvalue weighted by molar-refractivity contribution is -0.138. The van der Waals surface area contributed by atoms with Crippen LogP contribution in [0.25, 0.3) is 11.0 Å². The maximum Gasteiger partial charge on any atom is 0.416 e. The van der Waals surface area contributed by atoms with Gasteiger partial charge in [0.15, 0.2) is 0 Å². The number of benzene rings is 2. The molecule has 1 aliphatic rings. The fourth-order valence-corrected chi connectivity index (χ4v) is 4.12. The number of aliphatic hydroxyl groups excluding tert-OH is 1. The van der Waals surface area contributed by atoms with Gasteiger partial charge in [0, 0.05) is 36.8 Å². The molecular weight excluding hydrogens is 513 g/mol. The van der Waals surface area contributed by atoms with Crippen molar-refractivity contribution in [2.45, 2.75) is 19.2 Å². The average molecular weight is 537 g/mol. The largest absolute Gasteiger partial charge is 0.463 e. The molecule has 0 atom stereocenters. The number of likely N-dealkylation sites (N-methyl/N-ethyl adjacent to an activating group) is 1. The second-order valence-corrected chi connectivity index (χ2v) is 8.95. The number of furan rings is 1. The van der Waals surface area contributed by atoms with Gasteiger partial charge in [-0.15, -0.1) is 0 Å². The Kier molecular flexibility index (Phi) is 7.07. The van der Waals surface area contributed by atoms with Crippen molar-refractivity contribution >= 4 is 22.6 Å². The van der Waals surface area contributed by atoms with Gasteiger partial charge in [0.25, 0.3) is 5.91 Å². The third-order valence-electron chi connectivity index (χ3n) is 6.13. The SMILES string of the molecule is CN1C=CC(Cc2ccc(NC(=O)c3coc4cc(Oc5cc(CO)ncn5)ccc34)cc2C(F)(F)F)=CC1. The topological polar surface area (TPSA) is 101 Å². The third kappa shape index (κ3) is 5.93. The zero-order chi connectivity index (χ0) is 27.6.